The highest BCUT2D eigenvalue weighted by atomic mass is 35.5. The molecule has 0 aromatic rings. The highest BCUT2D eigenvalue weighted by Crippen LogP contribution is 2.29. The number of rotatable bonds is 3. The molecule has 1 aliphatic carbocycles. The molecular weight excluding hydrogens is 212 g/mol. The van der Waals surface area contributed by atoms with Crippen molar-refractivity contribution in [2.24, 2.45) is 11.7 Å². The molecule has 1 aliphatic rings. The van der Waals surface area contributed by atoms with Gasteiger partial charge < -0.3 is 11.1 Å². The van der Waals surface area contributed by atoms with E-state index in [9.17, 15) is 4.79 Å². The van der Waals surface area contributed by atoms with Crippen molar-refractivity contribution in [3.8, 4) is 0 Å². The Morgan fingerprint density at radius 2 is 2.40 bits per heavy atom. The molecule has 4 heteroatoms. The number of carbonyl (C=O) groups is 1. The van der Waals surface area contributed by atoms with Gasteiger partial charge in [0.25, 0.3) is 0 Å². The SMILES string of the molecule is CC1CC/C(=C/C(=O)N[C@H](C)CN)C1.Cl. The Bertz CT molecular complexity index is 241. The number of nitrogens with one attached hydrogen (secondary N) is 1. The minimum Gasteiger partial charge on any atom is -0.349 e. The molecule has 0 bridgehead atoms. The molecule has 1 rings (SSSR count). The van der Waals surface area contributed by atoms with E-state index in [2.05, 4.69) is 12.2 Å². The van der Waals surface area contributed by atoms with Crippen LogP contribution in [-0.2, 0) is 4.79 Å². The summed E-state index contributed by atoms with van der Waals surface area (Å²) in [5.41, 5.74) is 6.69. The van der Waals surface area contributed by atoms with E-state index >= 15 is 0 Å². The second kappa shape index (κ2) is 6.85. The molecule has 0 aromatic heterocycles. The van der Waals surface area contributed by atoms with E-state index in [1.54, 1.807) is 6.08 Å². The van der Waals surface area contributed by atoms with E-state index in [0.29, 0.717) is 6.54 Å². The normalized spacial score (nSPS) is 24.7. The van der Waals surface area contributed by atoms with Crippen LogP contribution >= 0.6 is 12.4 Å². The molecule has 0 spiro atoms. The average Bonchev–Trinajstić information content (AvgIpc) is 2.50. The van der Waals surface area contributed by atoms with Crippen LogP contribution in [0.5, 0.6) is 0 Å². The second-order valence-corrected chi connectivity index (χ2v) is 4.30. The molecule has 15 heavy (non-hydrogen) atoms. The smallest absolute Gasteiger partial charge is 0.244 e. The lowest BCUT2D eigenvalue weighted by atomic mass is 10.1. The molecule has 0 radical (unpaired) electrons. The van der Waals surface area contributed by atoms with Crippen molar-refractivity contribution >= 4 is 18.3 Å². The first-order chi connectivity index (χ1) is 6.61. The first kappa shape index (κ1) is 14.5. The average molecular weight is 233 g/mol. The third-order valence-corrected chi connectivity index (χ3v) is 2.65. The minimum atomic E-state index is 0. The van der Waals surface area contributed by atoms with Crippen molar-refractivity contribution in [3.63, 3.8) is 0 Å². The van der Waals surface area contributed by atoms with Crippen LogP contribution in [0.15, 0.2) is 11.6 Å². The van der Waals surface area contributed by atoms with Gasteiger partial charge in [-0.05, 0) is 32.1 Å². The topological polar surface area (TPSA) is 55.1 Å². The quantitative estimate of drug-likeness (QED) is 0.727. The zero-order valence-electron chi connectivity index (χ0n) is 9.45. The van der Waals surface area contributed by atoms with E-state index in [0.717, 1.165) is 18.8 Å². The van der Waals surface area contributed by atoms with Gasteiger partial charge in [-0.2, -0.15) is 0 Å². The van der Waals surface area contributed by atoms with Crippen molar-refractivity contribution < 1.29 is 4.79 Å². The van der Waals surface area contributed by atoms with Gasteiger partial charge in [-0.3, -0.25) is 4.79 Å². The summed E-state index contributed by atoms with van der Waals surface area (Å²) < 4.78 is 0. The molecule has 1 saturated carbocycles. The second-order valence-electron chi connectivity index (χ2n) is 4.30. The Kier molecular flexibility index (Phi) is 6.61. The molecular formula is C11H21ClN2O. The van der Waals surface area contributed by atoms with Crippen LogP contribution < -0.4 is 11.1 Å². The molecule has 3 nitrogen and oxygen atoms in total. The van der Waals surface area contributed by atoms with Gasteiger partial charge in [0.1, 0.15) is 0 Å². The lowest BCUT2D eigenvalue weighted by Crippen LogP contribution is -2.36. The summed E-state index contributed by atoms with van der Waals surface area (Å²) in [5.74, 6) is 0.744. The van der Waals surface area contributed by atoms with Gasteiger partial charge in [0.2, 0.25) is 5.91 Å². The third kappa shape index (κ3) is 5.19. The fraction of sp³-hybridized carbons (Fsp3) is 0.727. The molecule has 2 atom stereocenters. The van der Waals surface area contributed by atoms with Gasteiger partial charge in [-0.15, -0.1) is 12.4 Å². The molecule has 1 fully saturated rings. The van der Waals surface area contributed by atoms with Crippen LogP contribution in [0.1, 0.15) is 33.1 Å². The van der Waals surface area contributed by atoms with E-state index in [1.807, 2.05) is 6.92 Å². The summed E-state index contributed by atoms with van der Waals surface area (Å²) in [7, 11) is 0. The fourth-order valence-electron chi connectivity index (χ4n) is 1.74. The van der Waals surface area contributed by atoms with Gasteiger partial charge in [0.05, 0.1) is 0 Å². The Morgan fingerprint density at radius 1 is 1.73 bits per heavy atom. The van der Waals surface area contributed by atoms with Gasteiger partial charge in [0, 0.05) is 18.7 Å². The summed E-state index contributed by atoms with van der Waals surface area (Å²) in [5, 5.41) is 2.83. The van der Waals surface area contributed by atoms with E-state index in [4.69, 9.17) is 5.73 Å². The molecule has 0 aliphatic heterocycles. The van der Waals surface area contributed by atoms with Gasteiger partial charge in [-0.25, -0.2) is 0 Å². The number of hydrogen-bond donors (Lipinski definition) is 2. The molecule has 88 valence electrons. The van der Waals surface area contributed by atoms with Crippen LogP contribution in [0.2, 0.25) is 0 Å². The van der Waals surface area contributed by atoms with Crippen molar-refractivity contribution in [3.05, 3.63) is 11.6 Å². The Balaban J connectivity index is 0.00000196. The molecule has 1 amide bonds. The first-order valence-electron chi connectivity index (χ1n) is 5.31. The van der Waals surface area contributed by atoms with Crippen LogP contribution in [0, 0.1) is 5.92 Å². The Morgan fingerprint density at radius 3 is 2.87 bits per heavy atom. The monoisotopic (exact) mass is 232 g/mol. The maximum absolute atomic E-state index is 11.4. The highest BCUT2D eigenvalue weighted by Gasteiger charge is 2.15. The minimum absolute atomic E-state index is 0. The summed E-state index contributed by atoms with van der Waals surface area (Å²) in [6.07, 6.45) is 5.11. The Hall–Kier alpha value is -0.540. The van der Waals surface area contributed by atoms with Crippen LogP contribution in [0.25, 0.3) is 0 Å². The zero-order valence-corrected chi connectivity index (χ0v) is 10.3. The van der Waals surface area contributed by atoms with E-state index in [1.165, 1.54) is 12.0 Å². The maximum atomic E-state index is 11.4. The number of allylic oxidation sites excluding steroid dienone is 1. The highest BCUT2D eigenvalue weighted by molar-refractivity contribution is 5.88. The number of halogens is 1. The van der Waals surface area contributed by atoms with Crippen molar-refractivity contribution in [1.82, 2.24) is 5.32 Å². The summed E-state index contributed by atoms with van der Waals surface area (Å²) in [6.45, 7) is 4.63. The van der Waals surface area contributed by atoms with Gasteiger partial charge in [-0.1, -0.05) is 12.5 Å². The first-order valence-corrected chi connectivity index (χ1v) is 5.31. The van der Waals surface area contributed by atoms with E-state index < -0.39 is 0 Å². The zero-order chi connectivity index (χ0) is 10.6. The van der Waals surface area contributed by atoms with Crippen molar-refractivity contribution in [1.29, 1.82) is 0 Å². The number of hydrogen-bond acceptors (Lipinski definition) is 2. The van der Waals surface area contributed by atoms with E-state index in [-0.39, 0.29) is 24.4 Å². The summed E-state index contributed by atoms with van der Waals surface area (Å²) in [6, 6.07) is 0.0678. The standard InChI is InChI=1S/C11H20N2O.ClH/c1-8-3-4-10(5-8)6-11(14)13-9(2)7-12;/h6,8-9H,3-5,7,12H2,1-2H3,(H,13,14);1H/b10-6-;/t8?,9-;/m1./s1. The maximum Gasteiger partial charge on any atom is 0.244 e. The van der Waals surface area contributed by atoms with Gasteiger partial charge in [0.15, 0.2) is 0 Å². The lowest BCUT2D eigenvalue weighted by Gasteiger charge is -2.09. The Labute approximate surface area is 97.9 Å². The molecule has 3 N–H and O–H groups in total. The van der Waals surface area contributed by atoms with Crippen LogP contribution in [0.3, 0.4) is 0 Å². The summed E-state index contributed by atoms with van der Waals surface area (Å²) in [4.78, 5) is 11.4. The fourth-order valence-corrected chi connectivity index (χ4v) is 1.74. The number of nitrogens with two attached hydrogens (primary N) is 1. The van der Waals surface area contributed by atoms with Crippen LogP contribution in [0.4, 0.5) is 0 Å². The summed E-state index contributed by atoms with van der Waals surface area (Å²) >= 11 is 0. The number of carbonyl (C=O) groups excluding carboxylic acids is 1. The number of amides is 1. The lowest BCUT2D eigenvalue weighted by molar-refractivity contribution is -0.117. The molecule has 1 unspecified atom stereocenters. The largest absolute Gasteiger partial charge is 0.349 e. The van der Waals surface area contributed by atoms with Crippen molar-refractivity contribution in [2.45, 2.75) is 39.2 Å². The predicted molar refractivity (Wildman–Crippen MR) is 65.0 cm³/mol. The molecule has 0 heterocycles. The van der Waals surface area contributed by atoms with Crippen LogP contribution in [-0.4, -0.2) is 18.5 Å². The predicted octanol–water partition coefficient (Wildman–Crippen LogP) is 1.62. The molecule has 0 aromatic carbocycles. The van der Waals surface area contributed by atoms with Crippen molar-refractivity contribution in [2.75, 3.05) is 6.54 Å². The van der Waals surface area contributed by atoms with Gasteiger partial charge >= 0.3 is 0 Å². The molecule has 0 saturated heterocycles. The third-order valence-electron chi connectivity index (χ3n) is 2.65.